The first-order chi connectivity index (χ1) is 14.9. The van der Waals surface area contributed by atoms with E-state index in [1.807, 2.05) is 13.8 Å². The molecule has 2 heterocycles. The predicted octanol–water partition coefficient (Wildman–Crippen LogP) is 3.27. The first-order valence-electron chi connectivity index (χ1n) is 9.52. The summed E-state index contributed by atoms with van der Waals surface area (Å²) in [5.74, 6) is 1.50. The van der Waals surface area contributed by atoms with Gasteiger partial charge in [-0.05, 0) is 43.8 Å². The van der Waals surface area contributed by atoms with E-state index < -0.39 is 5.56 Å². The highest BCUT2D eigenvalue weighted by atomic mass is 32.1. The van der Waals surface area contributed by atoms with Gasteiger partial charge in [-0.3, -0.25) is 19.3 Å². The lowest BCUT2D eigenvalue weighted by Crippen LogP contribution is -2.20. The Balaban J connectivity index is 1.82. The third-order valence-corrected chi connectivity index (χ3v) is 5.04. The van der Waals surface area contributed by atoms with Gasteiger partial charge in [0.2, 0.25) is 17.6 Å². The van der Waals surface area contributed by atoms with Crippen LogP contribution in [-0.2, 0) is 6.54 Å². The molecule has 0 aliphatic heterocycles. The van der Waals surface area contributed by atoms with Crippen LogP contribution in [0, 0.1) is 4.77 Å². The van der Waals surface area contributed by atoms with Crippen LogP contribution in [0.25, 0.3) is 11.4 Å². The second-order valence-electron chi connectivity index (χ2n) is 6.68. The highest BCUT2D eigenvalue weighted by Crippen LogP contribution is 2.31. The van der Waals surface area contributed by atoms with Crippen LogP contribution < -0.4 is 15.0 Å². The number of methoxy groups -OCH3 is 2. The largest absolute Gasteiger partial charge is 0.494 e. The maximum absolute atomic E-state index is 12.2. The van der Waals surface area contributed by atoms with Gasteiger partial charge in [-0.15, -0.1) is 0 Å². The zero-order valence-electron chi connectivity index (χ0n) is 17.6. The molecule has 0 aliphatic rings. The highest BCUT2D eigenvalue weighted by Gasteiger charge is 2.15. The van der Waals surface area contributed by atoms with Gasteiger partial charge in [0.05, 0.1) is 14.2 Å². The normalized spacial score (nSPS) is 12.3. The lowest BCUT2D eigenvalue weighted by molar-refractivity contribution is 0.355. The van der Waals surface area contributed by atoms with Gasteiger partial charge >= 0.3 is 0 Å². The lowest BCUT2D eigenvalue weighted by atomic mass is 10.2. The summed E-state index contributed by atoms with van der Waals surface area (Å²) in [5, 5.41) is 14.5. The highest BCUT2D eigenvalue weighted by molar-refractivity contribution is 7.71. The fourth-order valence-electron chi connectivity index (χ4n) is 2.89. The quantitative estimate of drug-likeness (QED) is 0.399. The molecule has 11 heteroatoms. The minimum absolute atomic E-state index is 0.00790. The molecule has 0 amide bonds. The van der Waals surface area contributed by atoms with Crippen LogP contribution in [-0.4, -0.2) is 45.2 Å². The van der Waals surface area contributed by atoms with Crippen LogP contribution in [0.1, 0.15) is 37.8 Å². The Morgan fingerprint density at radius 3 is 2.77 bits per heavy atom. The van der Waals surface area contributed by atoms with Gasteiger partial charge in [0.25, 0.3) is 5.56 Å². The average molecular weight is 446 g/mol. The number of rotatable bonds is 8. The summed E-state index contributed by atoms with van der Waals surface area (Å²) in [7, 11) is 3.09. The number of aliphatic imine (C=N–C) groups is 1. The van der Waals surface area contributed by atoms with Crippen LogP contribution in [0.2, 0.25) is 0 Å². The van der Waals surface area contributed by atoms with Crippen LogP contribution in [0.4, 0.5) is 0 Å². The molecule has 3 aromatic rings. The summed E-state index contributed by atoms with van der Waals surface area (Å²) >= 11 is 5.15. The average Bonchev–Trinajstić information content (AvgIpc) is 3.24. The molecule has 0 saturated heterocycles. The standard InChI is InChI=1S/C20H23N5O5S/c1-5-11(2)25-19(27)13(18(26)23-20(25)31)9-21-10-16-22-17(24-30-16)12-6-7-14(28-3)15(8-12)29-4/h6-9,11,27H,5,10H2,1-4H3,(H,23,26,31)/t11-/m1/s1. The molecule has 2 N–H and O–H groups in total. The number of nitrogens with one attached hydrogen (secondary N) is 1. The number of aromatic amines is 1. The van der Waals surface area contributed by atoms with Crippen molar-refractivity contribution >= 4 is 18.4 Å². The Hall–Kier alpha value is -3.47. The van der Waals surface area contributed by atoms with E-state index >= 15 is 0 Å². The number of hydrogen-bond acceptors (Lipinski definition) is 9. The van der Waals surface area contributed by atoms with E-state index in [2.05, 4.69) is 20.1 Å². The van der Waals surface area contributed by atoms with Crippen molar-refractivity contribution in [1.29, 1.82) is 0 Å². The summed E-state index contributed by atoms with van der Waals surface area (Å²) in [6.45, 7) is 3.87. The van der Waals surface area contributed by atoms with Crippen molar-refractivity contribution < 1.29 is 19.1 Å². The zero-order valence-corrected chi connectivity index (χ0v) is 18.4. The molecule has 0 radical (unpaired) electrons. The van der Waals surface area contributed by atoms with E-state index in [0.717, 1.165) is 6.42 Å². The molecule has 1 aromatic carbocycles. The maximum atomic E-state index is 12.2. The van der Waals surface area contributed by atoms with Gasteiger partial charge < -0.3 is 19.1 Å². The predicted molar refractivity (Wildman–Crippen MR) is 117 cm³/mol. The van der Waals surface area contributed by atoms with Gasteiger partial charge in [-0.1, -0.05) is 12.1 Å². The molecule has 10 nitrogen and oxygen atoms in total. The summed E-state index contributed by atoms with van der Waals surface area (Å²) in [5.41, 5.74) is 0.164. The summed E-state index contributed by atoms with van der Waals surface area (Å²) in [6.07, 6.45) is 1.99. The molecule has 0 saturated carbocycles. The number of ether oxygens (including phenoxy) is 2. The molecule has 164 valence electrons. The van der Waals surface area contributed by atoms with Gasteiger partial charge in [-0.2, -0.15) is 4.98 Å². The Bertz CT molecular complexity index is 1210. The number of benzene rings is 1. The smallest absolute Gasteiger partial charge is 0.264 e. The molecule has 0 unspecified atom stereocenters. The number of aromatic hydroxyl groups is 1. The lowest BCUT2D eigenvalue weighted by Gasteiger charge is -2.16. The molecule has 0 bridgehead atoms. The van der Waals surface area contributed by atoms with Crippen molar-refractivity contribution in [2.24, 2.45) is 4.99 Å². The maximum Gasteiger partial charge on any atom is 0.264 e. The van der Waals surface area contributed by atoms with Crippen LogP contribution in [0.15, 0.2) is 32.5 Å². The fraction of sp³-hybridized carbons (Fsp3) is 0.350. The number of nitrogens with zero attached hydrogens (tertiary/aromatic N) is 4. The van der Waals surface area contributed by atoms with Crippen LogP contribution in [0.5, 0.6) is 17.4 Å². The minimum atomic E-state index is -0.526. The topological polar surface area (TPSA) is 128 Å². The van der Waals surface area contributed by atoms with E-state index in [9.17, 15) is 9.90 Å². The second-order valence-corrected chi connectivity index (χ2v) is 7.06. The van der Waals surface area contributed by atoms with Gasteiger partial charge in [0.15, 0.2) is 16.3 Å². The third-order valence-electron chi connectivity index (χ3n) is 4.74. The molecule has 0 fully saturated rings. The van der Waals surface area contributed by atoms with Crippen LogP contribution in [0.3, 0.4) is 0 Å². The number of aromatic nitrogens is 4. The Labute approximate surface area is 183 Å². The summed E-state index contributed by atoms with van der Waals surface area (Å²) < 4.78 is 17.4. The fourth-order valence-corrected chi connectivity index (χ4v) is 3.25. The van der Waals surface area contributed by atoms with E-state index in [4.69, 9.17) is 26.2 Å². The Morgan fingerprint density at radius 2 is 2.10 bits per heavy atom. The minimum Gasteiger partial charge on any atom is -0.494 e. The molecule has 31 heavy (non-hydrogen) atoms. The number of H-pyrrole nitrogens is 1. The molecule has 0 spiro atoms. The van der Waals surface area contributed by atoms with E-state index in [-0.39, 0.29) is 34.7 Å². The van der Waals surface area contributed by atoms with E-state index in [1.54, 1.807) is 32.4 Å². The van der Waals surface area contributed by atoms with E-state index in [0.29, 0.717) is 22.9 Å². The van der Waals surface area contributed by atoms with Crippen molar-refractivity contribution in [3.63, 3.8) is 0 Å². The zero-order chi connectivity index (χ0) is 22.5. The Kier molecular flexibility index (Phi) is 6.85. The van der Waals surface area contributed by atoms with E-state index in [1.165, 1.54) is 10.8 Å². The van der Waals surface area contributed by atoms with Gasteiger partial charge in [-0.25, -0.2) is 0 Å². The van der Waals surface area contributed by atoms with Crippen molar-refractivity contribution in [3.8, 4) is 28.8 Å². The van der Waals surface area contributed by atoms with Gasteiger partial charge in [0, 0.05) is 17.8 Å². The van der Waals surface area contributed by atoms with Gasteiger partial charge in [0.1, 0.15) is 12.1 Å². The molecule has 3 rings (SSSR count). The molecule has 2 aromatic heterocycles. The third kappa shape index (κ3) is 4.66. The van der Waals surface area contributed by atoms with Crippen molar-refractivity contribution in [2.45, 2.75) is 32.9 Å². The Morgan fingerprint density at radius 1 is 1.35 bits per heavy atom. The van der Waals surface area contributed by atoms with Crippen molar-refractivity contribution in [1.82, 2.24) is 19.7 Å². The first-order valence-corrected chi connectivity index (χ1v) is 9.93. The second kappa shape index (κ2) is 9.56. The molecular formula is C20H23N5O5S. The first kappa shape index (κ1) is 22.2. The van der Waals surface area contributed by atoms with Crippen LogP contribution >= 0.6 is 12.2 Å². The molecule has 1 atom stereocenters. The van der Waals surface area contributed by atoms with Crippen molar-refractivity contribution in [2.75, 3.05) is 14.2 Å². The molecule has 0 aliphatic carbocycles. The monoisotopic (exact) mass is 445 g/mol. The summed E-state index contributed by atoms with van der Waals surface area (Å²) in [6, 6.07) is 5.17. The SMILES string of the molecule is CC[C@@H](C)n1c(O)c(C=NCc2nc(-c3ccc(OC)c(OC)c3)no2)c(=O)[nH]c1=S. The number of hydrogen-bond donors (Lipinski definition) is 2. The van der Waals surface area contributed by atoms with Crippen molar-refractivity contribution in [3.05, 3.63) is 44.8 Å². The molecular weight excluding hydrogens is 422 g/mol. The summed E-state index contributed by atoms with van der Waals surface area (Å²) in [4.78, 5) is 23.2.